The molecule has 0 spiro atoms. The van der Waals surface area contributed by atoms with Gasteiger partial charge in [0.05, 0.1) is 5.69 Å². The van der Waals surface area contributed by atoms with Crippen molar-refractivity contribution in [2.75, 3.05) is 0 Å². The van der Waals surface area contributed by atoms with E-state index in [0.29, 0.717) is 5.15 Å². The van der Waals surface area contributed by atoms with Crippen molar-refractivity contribution in [1.29, 1.82) is 0 Å². The van der Waals surface area contributed by atoms with Crippen LogP contribution in [-0.4, -0.2) is 14.6 Å². The zero-order chi connectivity index (χ0) is 13.6. The molecule has 2 aromatic heterocycles. The van der Waals surface area contributed by atoms with Crippen molar-refractivity contribution in [3.63, 3.8) is 0 Å². The molecule has 3 rings (SSSR count). The number of benzene rings is 1. The summed E-state index contributed by atoms with van der Waals surface area (Å²) in [7, 11) is 0. The Hall–Kier alpha value is -1.87. The third-order valence-electron chi connectivity index (χ3n) is 3.20. The molecule has 0 unspecified atom stereocenters. The van der Waals surface area contributed by atoms with E-state index < -0.39 is 0 Å². The van der Waals surface area contributed by atoms with E-state index in [-0.39, 0.29) is 0 Å². The quantitative estimate of drug-likeness (QED) is 0.627. The van der Waals surface area contributed by atoms with E-state index in [2.05, 4.69) is 35.2 Å². The lowest BCUT2D eigenvalue weighted by atomic mass is 10.1. The minimum Gasteiger partial charge on any atom is -0.233 e. The molecule has 96 valence electrons. The van der Waals surface area contributed by atoms with Gasteiger partial charge in [0, 0.05) is 16.8 Å². The fraction of sp³-hybridized carbons (Fsp3) is 0.200. The molecule has 0 fully saturated rings. The maximum atomic E-state index is 6.23. The minimum absolute atomic E-state index is 0.588. The van der Waals surface area contributed by atoms with Crippen LogP contribution in [0.15, 0.2) is 30.3 Å². The molecule has 0 N–H and O–H groups in total. The van der Waals surface area contributed by atoms with Crippen molar-refractivity contribution in [2.24, 2.45) is 0 Å². The zero-order valence-electron chi connectivity index (χ0n) is 11.1. The van der Waals surface area contributed by atoms with E-state index >= 15 is 0 Å². The van der Waals surface area contributed by atoms with Gasteiger partial charge < -0.3 is 0 Å². The molecule has 3 aromatic rings. The van der Waals surface area contributed by atoms with Crippen molar-refractivity contribution in [3.05, 3.63) is 52.3 Å². The van der Waals surface area contributed by atoms with Crippen molar-refractivity contribution in [1.82, 2.24) is 14.6 Å². The zero-order valence-corrected chi connectivity index (χ0v) is 11.9. The highest BCUT2D eigenvalue weighted by Gasteiger charge is 2.14. The topological polar surface area (TPSA) is 30.2 Å². The Morgan fingerprint density at radius 1 is 1.11 bits per heavy atom. The maximum Gasteiger partial charge on any atom is 0.160 e. The van der Waals surface area contributed by atoms with Gasteiger partial charge in [-0.25, -0.2) is 9.50 Å². The van der Waals surface area contributed by atoms with Crippen LogP contribution in [0.1, 0.15) is 16.8 Å². The van der Waals surface area contributed by atoms with Gasteiger partial charge >= 0.3 is 0 Å². The Kier molecular flexibility index (Phi) is 2.79. The summed E-state index contributed by atoms with van der Waals surface area (Å²) in [6.07, 6.45) is 0. The molecule has 0 saturated heterocycles. The van der Waals surface area contributed by atoms with Crippen LogP contribution in [0.3, 0.4) is 0 Å². The molecule has 1 aromatic carbocycles. The number of hydrogen-bond donors (Lipinski definition) is 0. The molecule has 0 bridgehead atoms. The number of hydrogen-bond acceptors (Lipinski definition) is 2. The molecular weight excluding hydrogens is 258 g/mol. The molecule has 19 heavy (non-hydrogen) atoms. The highest BCUT2D eigenvalue weighted by atomic mass is 35.5. The van der Waals surface area contributed by atoms with Gasteiger partial charge in [-0.05, 0) is 32.9 Å². The van der Waals surface area contributed by atoms with Crippen LogP contribution >= 0.6 is 11.6 Å². The highest BCUT2D eigenvalue weighted by Crippen LogP contribution is 2.27. The van der Waals surface area contributed by atoms with Gasteiger partial charge in [0.25, 0.3) is 0 Å². The lowest BCUT2D eigenvalue weighted by molar-refractivity contribution is 0.933. The first kappa shape index (κ1) is 12.2. The summed E-state index contributed by atoms with van der Waals surface area (Å²) in [5, 5.41) is 5.17. The van der Waals surface area contributed by atoms with E-state index in [0.717, 1.165) is 28.2 Å². The Morgan fingerprint density at radius 3 is 2.63 bits per heavy atom. The van der Waals surface area contributed by atoms with E-state index in [1.165, 1.54) is 5.56 Å². The standard InChI is InChI=1S/C15H14ClN3/c1-9-5-4-6-12(7-9)14-11(3)15-17-10(2)8-13(16)19(15)18-14/h4-8H,1-3H3. The predicted octanol–water partition coefficient (Wildman–Crippen LogP) is 3.97. The molecule has 0 saturated carbocycles. The van der Waals surface area contributed by atoms with Crippen LogP contribution in [0.4, 0.5) is 0 Å². The second-order valence-electron chi connectivity index (χ2n) is 4.80. The third kappa shape index (κ3) is 2.00. The molecule has 4 heteroatoms. The number of halogens is 1. The summed E-state index contributed by atoms with van der Waals surface area (Å²) in [4.78, 5) is 4.52. The average Bonchev–Trinajstić information content (AvgIpc) is 2.68. The Labute approximate surface area is 116 Å². The van der Waals surface area contributed by atoms with Crippen molar-refractivity contribution in [2.45, 2.75) is 20.8 Å². The van der Waals surface area contributed by atoms with Crippen LogP contribution in [0, 0.1) is 20.8 Å². The van der Waals surface area contributed by atoms with Gasteiger partial charge in [-0.2, -0.15) is 5.10 Å². The number of rotatable bonds is 1. The third-order valence-corrected chi connectivity index (χ3v) is 3.46. The fourth-order valence-corrected chi connectivity index (χ4v) is 2.54. The Balaban J connectivity index is 2.31. The summed E-state index contributed by atoms with van der Waals surface area (Å²) < 4.78 is 1.70. The van der Waals surface area contributed by atoms with Crippen LogP contribution < -0.4 is 0 Å². The number of nitrogens with zero attached hydrogens (tertiary/aromatic N) is 3. The molecule has 0 atom stereocenters. The molecule has 2 heterocycles. The summed E-state index contributed by atoms with van der Waals surface area (Å²) in [6, 6.07) is 10.1. The smallest absolute Gasteiger partial charge is 0.160 e. The van der Waals surface area contributed by atoms with E-state index in [1.54, 1.807) is 4.52 Å². The monoisotopic (exact) mass is 271 g/mol. The van der Waals surface area contributed by atoms with Crippen LogP contribution in [0.2, 0.25) is 5.15 Å². The summed E-state index contributed by atoms with van der Waals surface area (Å²) in [5.74, 6) is 0. The van der Waals surface area contributed by atoms with Gasteiger partial charge in [-0.1, -0.05) is 35.4 Å². The van der Waals surface area contributed by atoms with E-state index in [9.17, 15) is 0 Å². The first-order chi connectivity index (χ1) is 9.06. The van der Waals surface area contributed by atoms with Gasteiger partial charge in [0.15, 0.2) is 5.65 Å². The average molecular weight is 272 g/mol. The molecular formula is C15H14ClN3. The van der Waals surface area contributed by atoms with E-state index in [1.807, 2.05) is 26.0 Å². The second-order valence-corrected chi connectivity index (χ2v) is 5.19. The van der Waals surface area contributed by atoms with Gasteiger partial charge in [0.1, 0.15) is 5.15 Å². The minimum atomic E-state index is 0.588. The SMILES string of the molecule is Cc1cccc(-c2nn3c(Cl)cc(C)nc3c2C)c1. The van der Waals surface area contributed by atoms with Gasteiger partial charge in [-0.15, -0.1) is 0 Å². The number of fused-ring (bicyclic) bond motifs is 1. The second kappa shape index (κ2) is 4.35. The van der Waals surface area contributed by atoms with Crippen molar-refractivity contribution in [3.8, 4) is 11.3 Å². The van der Waals surface area contributed by atoms with Gasteiger partial charge in [-0.3, -0.25) is 0 Å². The van der Waals surface area contributed by atoms with Crippen LogP contribution in [-0.2, 0) is 0 Å². The Bertz CT molecular complexity index is 774. The molecule has 0 aliphatic rings. The highest BCUT2D eigenvalue weighted by molar-refractivity contribution is 6.29. The van der Waals surface area contributed by atoms with Crippen LogP contribution in [0.25, 0.3) is 16.9 Å². The maximum absolute atomic E-state index is 6.23. The summed E-state index contributed by atoms with van der Waals surface area (Å²) >= 11 is 6.23. The lowest BCUT2D eigenvalue weighted by Crippen LogP contribution is -1.94. The first-order valence-electron chi connectivity index (χ1n) is 6.16. The molecule has 3 nitrogen and oxygen atoms in total. The van der Waals surface area contributed by atoms with E-state index in [4.69, 9.17) is 11.6 Å². The predicted molar refractivity (Wildman–Crippen MR) is 77.6 cm³/mol. The summed E-state index contributed by atoms with van der Waals surface area (Å²) in [5.41, 5.74) is 6.01. The van der Waals surface area contributed by atoms with Crippen LogP contribution in [0.5, 0.6) is 0 Å². The van der Waals surface area contributed by atoms with Crippen molar-refractivity contribution >= 4 is 17.2 Å². The normalized spacial score (nSPS) is 11.2. The lowest BCUT2D eigenvalue weighted by Gasteiger charge is -1.99. The number of aromatic nitrogens is 3. The molecule has 0 amide bonds. The van der Waals surface area contributed by atoms with Crippen molar-refractivity contribution < 1.29 is 0 Å². The fourth-order valence-electron chi connectivity index (χ4n) is 2.27. The molecule has 0 aliphatic heterocycles. The summed E-state index contributed by atoms with van der Waals surface area (Å²) in [6.45, 7) is 6.04. The largest absolute Gasteiger partial charge is 0.233 e. The molecule has 0 radical (unpaired) electrons. The Morgan fingerprint density at radius 2 is 1.89 bits per heavy atom. The van der Waals surface area contributed by atoms with Gasteiger partial charge in [0.2, 0.25) is 0 Å². The number of aryl methyl sites for hydroxylation is 3. The first-order valence-corrected chi connectivity index (χ1v) is 6.53. The molecule has 0 aliphatic carbocycles.